The molecule has 2 nitrogen and oxygen atoms in total. The number of allylic oxidation sites excluding steroid dienone is 6. The molecular formula is C29H36N2. The lowest BCUT2D eigenvalue weighted by Crippen LogP contribution is -2.28. The first-order valence-corrected chi connectivity index (χ1v) is 11.2. The van der Waals surface area contributed by atoms with Gasteiger partial charge < -0.3 is 4.90 Å². The fraction of sp³-hybridized carbons (Fsp3) is 0.345. The zero-order valence-corrected chi connectivity index (χ0v) is 20.1. The molecule has 1 heterocycles. The van der Waals surface area contributed by atoms with Gasteiger partial charge in [0, 0.05) is 41.0 Å². The Balaban J connectivity index is 1.82. The summed E-state index contributed by atoms with van der Waals surface area (Å²) in [5, 5.41) is 0. The highest BCUT2D eigenvalue weighted by Crippen LogP contribution is 2.46. The second kappa shape index (κ2) is 9.09. The average molecular weight is 413 g/mol. The number of rotatable bonds is 6. The summed E-state index contributed by atoms with van der Waals surface area (Å²) in [5.41, 5.74) is 6.19. The highest BCUT2D eigenvalue weighted by atomic mass is 15.2. The molecule has 0 spiro atoms. The van der Waals surface area contributed by atoms with Crippen molar-refractivity contribution in [2.45, 2.75) is 58.4 Å². The van der Waals surface area contributed by atoms with Crippen molar-refractivity contribution < 1.29 is 0 Å². The molecule has 0 saturated carbocycles. The number of nitrogens with zero attached hydrogens (tertiary/aromatic N) is 2. The molecule has 0 aliphatic carbocycles. The van der Waals surface area contributed by atoms with Crippen molar-refractivity contribution in [3.8, 4) is 0 Å². The van der Waals surface area contributed by atoms with Gasteiger partial charge in [-0.05, 0) is 43.2 Å². The first-order chi connectivity index (χ1) is 14.7. The SMILES string of the molecule is CC(C)N=C(/C=C/C=C/C=C1/N(C)c2ccccc2C1(C)C)C(C)(C)c1ccccc1. The Kier molecular flexibility index (Phi) is 6.69. The van der Waals surface area contributed by atoms with Crippen LogP contribution in [0.3, 0.4) is 0 Å². The van der Waals surface area contributed by atoms with Crippen molar-refractivity contribution in [3.05, 3.63) is 102 Å². The van der Waals surface area contributed by atoms with E-state index in [2.05, 4.69) is 138 Å². The van der Waals surface area contributed by atoms with E-state index in [9.17, 15) is 0 Å². The third-order valence-corrected chi connectivity index (χ3v) is 6.20. The van der Waals surface area contributed by atoms with Crippen LogP contribution in [0, 0.1) is 0 Å². The van der Waals surface area contributed by atoms with E-state index in [-0.39, 0.29) is 16.9 Å². The minimum Gasteiger partial charge on any atom is -0.347 e. The third-order valence-electron chi connectivity index (χ3n) is 6.20. The number of para-hydroxylation sites is 1. The Bertz CT molecular complexity index is 1020. The maximum Gasteiger partial charge on any atom is 0.0451 e. The van der Waals surface area contributed by atoms with Crippen LogP contribution in [-0.4, -0.2) is 18.8 Å². The molecule has 0 atom stereocenters. The molecule has 0 radical (unpaired) electrons. The monoisotopic (exact) mass is 412 g/mol. The van der Waals surface area contributed by atoms with Gasteiger partial charge in [-0.2, -0.15) is 0 Å². The normalized spacial score (nSPS) is 18.0. The molecule has 0 amide bonds. The molecule has 0 aromatic heterocycles. The van der Waals surface area contributed by atoms with Gasteiger partial charge >= 0.3 is 0 Å². The summed E-state index contributed by atoms with van der Waals surface area (Å²) in [4.78, 5) is 7.23. The van der Waals surface area contributed by atoms with Gasteiger partial charge in [-0.25, -0.2) is 0 Å². The average Bonchev–Trinajstić information content (AvgIpc) is 2.93. The summed E-state index contributed by atoms with van der Waals surface area (Å²) in [5.74, 6) is 0. The van der Waals surface area contributed by atoms with Crippen LogP contribution in [0.1, 0.15) is 52.7 Å². The quantitative estimate of drug-likeness (QED) is 0.361. The van der Waals surface area contributed by atoms with Crippen molar-refractivity contribution in [3.63, 3.8) is 0 Å². The Labute approximate surface area is 188 Å². The molecule has 31 heavy (non-hydrogen) atoms. The van der Waals surface area contributed by atoms with Gasteiger partial charge in [-0.3, -0.25) is 4.99 Å². The number of likely N-dealkylation sites (N-methyl/N-ethyl adjacent to an activating group) is 1. The predicted octanol–water partition coefficient (Wildman–Crippen LogP) is 7.24. The van der Waals surface area contributed by atoms with E-state index in [1.807, 2.05) is 0 Å². The van der Waals surface area contributed by atoms with Gasteiger partial charge in [0.15, 0.2) is 0 Å². The molecule has 2 aromatic carbocycles. The number of hydrogen-bond donors (Lipinski definition) is 0. The molecule has 2 aromatic rings. The van der Waals surface area contributed by atoms with E-state index in [1.54, 1.807) is 0 Å². The summed E-state index contributed by atoms with van der Waals surface area (Å²) in [6.07, 6.45) is 10.7. The summed E-state index contributed by atoms with van der Waals surface area (Å²) in [6.45, 7) is 13.3. The summed E-state index contributed by atoms with van der Waals surface area (Å²) < 4.78 is 0. The van der Waals surface area contributed by atoms with Crippen molar-refractivity contribution >= 4 is 11.4 Å². The van der Waals surface area contributed by atoms with Crippen molar-refractivity contribution in [2.24, 2.45) is 4.99 Å². The van der Waals surface area contributed by atoms with Crippen molar-refractivity contribution in [1.29, 1.82) is 0 Å². The van der Waals surface area contributed by atoms with Crippen LogP contribution < -0.4 is 4.90 Å². The lowest BCUT2D eigenvalue weighted by atomic mass is 9.79. The molecule has 2 heteroatoms. The van der Waals surface area contributed by atoms with Gasteiger partial charge in [0.25, 0.3) is 0 Å². The van der Waals surface area contributed by atoms with Crippen LogP contribution >= 0.6 is 0 Å². The van der Waals surface area contributed by atoms with Gasteiger partial charge in [0.2, 0.25) is 0 Å². The molecule has 0 N–H and O–H groups in total. The number of benzene rings is 2. The smallest absolute Gasteiger partial charge is 0.0451 e. The van der Waals surface area contributed by atoms with Crippen LogP contribution in [0.25, 0.3) is 0 Å². The lowest BCUT2D eigenvalue weighted by molar-refractivity contribution is 0.640. The van der Waals surface area contributed by atoms with E-state index in [0.29, 0.717) is 0 Å². The first kappa shape index (κ1) is 22.8. The molecule has 162 valence electrons. The third kappa shape index (κ3) is 4.74. The Morgan fingerprint density at radius 1 is 0.935 bits per heavy atom. The number of fused-ring (bicyclic) bond motifs is 1. The zero-order chi connectivity index (χ0) is 22.6. The van der Waals surface area contributed by atoms with E-state index in [0.717, 1.165) is 5.71 Å². The molecule has 0 bridgehead atoms. The zero-order valence-electron chi connectivity index (χ0n) is 20.1. The van der Waals surface area contributed by atoms with Crippen LogP contribution in [0.5, 0.6) is 0 Å². The van der Waals surface area contributed by atoms with Crippen LogP contribution in [0.4, 0.5) is 5.69 Å². The second-order valence-corrected chi connectivity index (χ2v) is 9.60. The molecular weight excluding hydrogens is 376 g/mol. The van der Waals surface area contributed by atoms with E-state index >= 15 is 0 Å². The topological polar surface area (TPSA) is 15.6 Å². The maximum absolute atomic E-state index is 4.93. The number of aliphatic imine (C=N–C) groups is 1. The van der Waals surface area contributed by atoms with Crippen molar-refractivity contribution in [1.82, 2.24) is 0 Å². The second-order valence-electron chi connectivity index (χ2n) is 9.60. The maximum atomic E-state index is 4.93. The Morgan fingerprint density at radius 3 is 2.23 bits per heavy atom. The van der Waals surface area contributed by atoms with Crippen LogP contribution in [0.15, 0.2) is 95.7 Å². The Morgan fingerprint density at radius 2 is 1.58 bits per heavy atom. The van der Waals surface area contributed by atoms with Crippen LogP contribution in [0.2, 0.25) is 0 Å². The highest BCUT2D eigenvalue weighted by molar-refractivity contribution is 6.03. The van der Waals surface area contributed by atoms with E-state index < -0.39 is 0 Å². The molecule has 1 aliphatic rings. The molecule has 1 aliphatic heterocycles. The molecule has 0 saturated heterocycles. The first-order valence-electron chi connectivity index (χ1n) is 11.2. The molecule has 0 fully saturated rings. The summed E-state index contributed by atoms with van der Waals surface area (Å²) >= 11 is 0. The van der Waals surface area contributed by atoms with E-state index in [4.69, 9.17) is 4.99 Å². The standard InChI is InChI=1S/C29H36N2/c1-22(2)30-26(28(3,4)23-16-10-8-11-17-23)20-12-9-13-21-27-29(5,6)24-18-14-15-19-25(24)31(27)7/h8-22H,1-7H3/b13-9+,20-12+,27-21+,30-26?. The van der Waals surface area contributed by atoms with Crippen molar-refractivity contribution in [2.75, 3.05) is 11.9 Å². The number of anilines is 1. The van der Waals surface area contributed by atoms with Gasteiger partial charge in [-0.15, -0.1) is 0 Å². The molecule has 0 unspecified atom stereocenters. The van der Waals surface area contributed by atoms with Crippen LogP contribution in [-0.2, 0) is 10.8 Å². The van der Waals surface area contributed by atoms with Gasteiger partial charge in [0.1, 0.15) is 0 Å². The number of hydrogen-bond acceptors (Lipinski definition) is 2. The Hall–Kier alpha value is -2.87. The van der Waals surface area contributed by atoms with E-state index in [1.165, 1.54) is 22.5 Å². The minimum absolute atomic E-state index is 0.00103. The summed E-state index contributed by atoms with van der Waals surface area (Å²) in [6, 6.07) is 19.5. The largest absolute Gasteiger partial charge is 0.347 e. The fourth-order valence-corrected chi connectivity index (χ4v) is 4.35. The minimum atomic E-state index is -0.149. The fourth-order valence-electron chi connectivity index (χ4n) is 4.35. The predicted molar refractivity (Wildman–Crippen MR) is 136 cm³/mol. The van der Waals surface area contributed by atoms with Gasteiger partial charge in [-0.1, -0.05) is 94.5 Å². The summed E-state index contributed by atoms with van der Waals surface area (Å²) in [7, 11) is 2.15. The molecule has 3 rings (SSSR count). The van der Waals surface area contributed by atoms with Gasteiger partial charge in [0.05, 0.1) is 0 Å². The highest BCUT2D eigenvalue weighted by Gasteiger charge is 2.37. The lowest BCUT2D eigenvalue weighted by Gasteiger charge is -2.26.